The van der Waals surface area contributed by atoms with E-state index in [1.54, 1.807) is 29.2 Å². The second-order valence-electron chi connectivity index (χ2n) is 5.76. The van der Waals surface area contributed by atoms with Gasteiger partial charge in [0, 0.05) is 42.8 Å². The lowest BCUT2D eigenvalue weighted by Gasteiger charge is -2.23. The summed E-state index contributed by atoms with van der Waals surface area (Å²) in [7, 11) is 0. The molecule has 3 amide bonds. The molecule has 0 spiro atoms. The highest BCUT2D eigenvalue weighted by Crippen LogP contribution is 2.15. The second-order valence-corrected chi connectivity index (χ2v) is 6.19. The molecule has 1 N–H and O–H groups in total. The van der Waals surface area contributed by atoms with Crippen molar-refractivity contribution in [2.75, 3.05) is 31.5 Å². The molecular weight excluding hydrogens is 302 g/mol. The van der Waals surface area contributed by atoms with Crippen LogP contribution >= 0.6 is 11.6 Å². The fourth-order valence-electron chi connectivity index (χ4n) is 2.44. The molecule has 0 atom stereocenters. The van der Waals surface area contributed by atoms with Gasteiger partial charge in [-0.1, -0.05) is 25.4 Å². The summed E-state index contributed by atoms with van der Waals surface area (Å²) < 4.78 is 0. The molecule has 2 rings (SSSR count). The van der Waals surface area contributed by atoms with E-state index in [4.69, 9.17) is 11.6 Å². The normalized spacial score (nSPS) is 15.6. The van der Waals surface area contributed by atoms with Crippen LogP contribution in [-0.4, -0.2) is 47.9 Å². The van der Waals surface area contributed by atoms with Crippen molar-refractivity contribution in [3.8, 4) is 0 Å². The predicted molar refractivity (Wildman–Crippen MR) is 88.1 cm³/mol. The summed E-state index contributed by atoms with van der Waals surface area (Å²) in [6, 6.07) is 6.88. The third-order valence-electron chi connectivity index (χ3n) is 3.68. The van der Waals surface area contributed by atoms with Gasteiger partial charge in [-0.15, -0.1) is 0 Å². The maximum atomic E-state index is 12.3. The highest BCUT2D eigenvalue weighted by atomic mass is 35.5. The maximum Gasteiger partial charge on any atom is 0.321 e. The van der Waals surface area contributed by atoms with Gasteiger partial charge in [-0.2, -0.15) is 0 Å². The lowest BCUT2D eigenvalue weighted by molar-refractivity contribution is -0.134. The fourth-order valence-corrected chi connectivity index (χ4v) is 2.57. The Balaban J connectivity index is 1.91. The van der Waals surface area contributed by atoms with Crippen molar-refractivity contribution in [1.82, 2.24) is 9.80 Å². The lowest BCUT2D eigenvalue weighted by Crippen LogP contribution is -2.40. The molecule has 1 aliphatic rings. The van der Waals surface area contributed by atoms with E-state index in [0.717, 1.165) is 6.42 Å². The van der Waals surface area contributed by atoms with Crippen molar-refractivity contribution in [2.24, 2.45) is 5.92 Å². The van der Waals surface area contributed by atoms with Crippen LogP contribution in [0.5, 0.6) is 0 Å². The monoisotopic (exact) mass is 323 g/mol. The van der Waals surface area contributed by atoms with Crippen molar-refractivity contribution in [3.63, 3.8) is 0 Å². The number of nitrogens with zero attached hydrogens (tertiary/aromatic N) is 2. The van der Waals surface area contributed by atoms with Gasteiger partial charge in [0.25, 0.3) is 0 Å². The summed E-state index contributed by atoms with van der Waals surface area (Å²) in [6.45, 7) is 6.31. The van der Waals surface area contributed by atoms with Gasteiger partial charge >= 0.3 is 6.03 Å². The molecule has 6 heteroatoms. The smallest absolute Gasteiger partial charge is 0.321 e. The van der Waals surface area contributed by atoms with E-state index < -0.39 is 0 Å². The van der Waals surface area contributed by atoms with Crippen LogP contribution in [0.1, 0.15) is 20.3 Å². The molecule has 5 nitrogen and oxygen atoms in total. The molecule has 0 saturated carbocycles. The molecule has 22 heavy (non-hydrogen) atoms. The fraction of sp³-hybridized carbons (Fsp3) is 0.500. The second kappa shape index (κ2) is 7.49. The minimum Gasteiger partial charge on any atom is -0.341 e. The number of carbonyl (C=O) groups excluding carboxylic acids is 2. The van der Waals surface area contributed by atoms with Gasteiger partial charge in [0.2, 0.25) is 5.91 Å². The Morgan fingerprint density at radius 2 is 1.64 bits per heavy atom. The number of carbonyl (C=O) groups is 2. The van der Waals surface area contributed by atoms with E-state index in [1.165, 1.54) is 0 Å². The Hall–Kier alpha value is -1.75. The number of nitrogens with one attached hydrogen (secondary N) is 1. The van der Waals surface area contributed by atoms with Crippen molar-refractivity contribution in [2.45, 2.75) is 20.3 Å². The lowest BCUT2D eigenvalue weighted by atomic mass is 10.2. The van der Waals surface area contributed by atoms with Crippen molar-refractivity contribution < 1.29 is 9.59 Å². The van der Waals surface area contributed by atoms with Gasteiger partial charge in [-0.3, -0.25) is 4.79 Å². The van der Waals surface area contributed by atoms with Crippen LogP contribution in [0.4, 0.5) is 10.5 Å². The molecule has 1 aromatic rings. The van der Waals surface area contributed by atoms with Crippen LogP contribution in [0.3, 0.4) is 0 Å². The Kier molecular flexibility index (Phi) is 5.66. The minimum atomic E-state index is -0.138. The summed E-state index contributed by atoms with van der Waals surface area (Å²) in [4.78, 5) is 27.9. The molecule has 0 bridgehead atoms. The van der Waals surface area contributed by atoms with Gasteiger partial charge in [-0.05, 0) is 30.7 Å². The molecule has 0 aromatic heterocycles. The van der Waals surface area contributed by atoms with Crippen molar-refractivity contribution in [3.05, 3.63) is 29.3 Å². The van der Waals surface area contributed by atoms with Gasteiger partial charge < -0.3 is 15.1 Å². The molecule has 1 saturated heterocycles. The number of halogens is 1. The predicted octanol–water partition coefficient (Wildman–Crippen LogP) is 3.06. The average molecular weight is 324 g/mol. The Labute approximate surface area is 136 Å². The van der Waals surface area contributed by atoms with E-state index in [-0.39, 0.29) is 17.9 Å². The van der Waals surface area contributed by atoms with Gasteiger partial charge in [-0.25, -0.2) is 4.79 Å². The summed E-state index contributed by atoms with van der Waals surface area (Å²) in [5.74, 6) is 0.148. The number of benzene rings is 1. The molecule has 0 aliphatic carbocycles. The van der Waals surface area contributed by atoms with Crippen LogP contribution in [0.15, 0.2) is 24.3 Å². The summed E-state index contributed by atoms with van der Waals surface area (Å²) in [6.07, 6.45) is 0.798. The van der Waals surface area contributed by atoms with E-state index in [9.17, 15) is 9.59 Å². The molecule has 1 aromatic carbocycles. The number of urea groups is 1. The summed E-state index contributed by atoms with van der Waals surface area (Å²) in [5, 5.41) is 3.49. The van der Waals surface area contributed by atoms with Gasteiger partial charge in [0.15, 0.2) is 0 Å². The van der Waals surface area contributed by atoms with Crippen LogP contribution in [0.25, 0.3) is 0 Å². The Bertz CT molecular complexity index is 531. The average Bonchev–Trinajstić information content (AvgIpc) is 2.74. The number of amides is 3. The molecule has 1 fully saturated rings. The topological polar surface area (TPSA) is 52.7 Å². The zero-order valence-electron chi connectivity index (χ0n) is 13.0. The quantitative estimate of drug-likeness (QED) is 0.909. The molecule has 1 aliphatic heterocycles. The largest absolute Gasteiger partial charge is 0.341 e. The third-order valence-corrected chi connectivity index (χ3v) is 3.94. The minimum absolute atomic E-state index is 0.00514. The van der Waals surface area contributed by atoms with Crippen molar-refractivity contribution >= 4 is 29.2 Å². The van der Waals surface area contributed by atoms with E-state index >= 15 is 0 Å². The Morgan fingerprint density at radius 1 is 1.05 bits per heavy atom. The number of anilines is 1. The molecule has 120 valence electrons. The van der Waals surface area contributed by atoms with Crippen LogP contribution in [0, 0.1) is 5.92 Å². The third kappa shape index (κ3) is 4.37. The van der Waals surface area contributed by atoms with E-state index in [0.29, 0.717) is 36.9 Å². The molecule has 1 heterocycles. The maximum absolute atomic E-state index is 12.3. The van der Waals surface area contributed by atoms with Crippen molar-refractivity contribution in [1.29, 1.82) is 0 Å². The molecule has 0 unspecified atom stereocenters. The SMILES string of the molecule is CC(C)C(=O)N1CCCN(C(=O)Nc2ccc(Cl)cc2)CC1. The zero-order valence-corrected chi connectivity index (χ0v) is 13.8. The highest BCUT2D eigenvalue weighted by Gasteiger charge is 2.23. The number of hydrogen-bond acceptors (Lipinski definition) is 2. The molecule has 0 radical (unpaired) electrons. The van der Waals surface area contributed by atoms with Crippen LogP contribution in [-0.2, 0) is 4.79 Å². The van der Waals surface area contributed by atoms with Gasteiger partial charge in [0.1, 0.15) is 0 Å². The van der Waals surface area contributed by atoms with E-state index in [2.05, 4.69) is 5.32 Å². The van der Waals surface area contributed by atoms with Gasteiger partial charge in [0.05, 0.1) is 0 Å². The first kappa shape index (κ1) is 16.6. The first-order valence-electron chi connectivity index (χ1n) is 7.57. The number of hydrogen-bond donors (Lipinski definition) is 1. The van der Waals surface area contributed by atoms with Crippen LogP contribution in [0.2, 0.25) is 5.02 Å². The van der Waals surface area contributed by atoms with E-state index in [1.807, 2.05) is 18.7 Å². The highest BCUT2D eigenvalue weighted by molar-refractivity contribution is 6.30. The Morgan fingerprint density at radius 3 is 2.27 bits per heavy atom. The zero-order chi connectivity index (χ0) is 16.1. The van der Waals surface area contributed by atoms with Crippen LogP contribution < -0.4 is 5.32 Å². The molecular formula is C16H22ClN3O2. The summed E-state index contributed by atoms with van der Waals surface area (Å²) in [5.41, 5.74) is 0.716. The first-order valence-corrected chi connectivity index (χ1v) is 7.95. The first-order chi connectivity index (χ1) is 10.5. The number of rotatable bonds is 2. The standard InChI is InChI=1S/C16H22ClN3O2/c1-12(2)15(21)19-8-3-9-20(11-10-19)16(22)18-14-6-4-13(17)5-7-14/h4-7,12H,3,8-11H2,1-2H3,(H,18,22). The summed E-state index contributed by atoms with van der Waals surface area (Å²) >= 11 is 5.83.